The predicted octanol–water partition coefficient (Wildman–Crippen LogP) is 4.74. The van der Waals surface area contributed by atoms with Gasteiger partial charge in [0.15, 0.2) is 0 Å². The molecule has 0 saturated heterocycles. The van der Waals surface area contributed by atoms with Gasteiger partial charge >= 0.3 is 0 Å². The first-order chi connectivity index (χ1) is 6.06. The number of halogens is 2. The molecule has 0 aromatic heterocycles. The van der Waals surface area contributed by atoms with E-state index in [-0.39, 0.29) is 6.67 Å². The zero-order valence-corrected chi connectivity index (χ0v) is 10.7. The second kappa shape index (κ2) is 7.81. The Morgan fingerprint density at radius 2 is 1.38 bits per heavy atom. The molecule has 0 saturated carbocycles. The number of unbranched alkanes of at least 4 members (excludes halogenated alkanes) is 5. The van der Waals surface area contributed by atoms with Crippen LogP contribution in [-0.4, -0.2) is 14.1 Å². The zero-order chi connectivity index (χ0) is 10.2. The summed E-state index contributed by atoms with van der Waals surface area (Å²) in [5, 5.41) is 0. The average molecular weight is 225 g/mol. The summed E-state index contributed by atoms with van der Waals surface area (Å²) in [5.41, 5.74) is 0. The Bertz CT molecular complexity index is 112. The van der Waals surface area contributed by atoms with E-state index in [0.29, 0.717) is 0 Å². The minimum atomic E-state index is -1.32. The van der Waals surface area contributed by atoms with E-state index in [9.17, 15) is 4.39 Å². The minimum Gasteiger partial charge on any atom is -0.251 e. The van der Waals surface area contributed by atoms with E-state index in [4.69, 9.17) is 11.1 Å². The highest BCUT2D eigenvalue weighted by molar-refractivity contribution is 7.19. The summed E-state index contributed by atoms with van der Waals surface area (Å²) in [4.78, 5) is 0. The molecule has 0 aliphatic heterocycles. The highest BCUT2D eigenvalue weighted by atomic mass is 35.6. The smallest absolute Gasteiger partial charge is 0.150 e. The van der Waals surface area contributed by atoms with Crippen LogP contribution < -0.4 is 0 Å². The molecule has 0 radical (unpaired) electrons. The number of alkyl halides is 1. The lowest BCUT2D eigenvalue weighted by atomic mass is 10.1. The van der Waals surface area contributed by atoms with Gasteiger partial charge in [0, 0.05) is 0 Å². The third kappa shape index (κ3) is 12.4. The summed E-state index contributed by atoms with van der Waals surface area (Å²) >= 11 is 6.19. The summed E-state index contributed by atoms with van der Waals surface area (Å²) in [7, 11) is -1.32. The molecule has 0 fully saturated rings. The van der Waals surface area contributed by atoms with Gasteiger partial charge in [0.2, 0.25) is 0 Å². The quantitative estimate of drug-likeness (QED) is 0.317. The molecule has 80 valence electrons. The van der Waals surface area contributed by atoms with Crippen LogP contribution in [-0.2, 0) is 0 Å². The van der Waals surface area contributed by atoms with Crippen LogP contribution in [0.4, 0.5) is 4.39 Å². The molecule has 0 rings (SSSR count). The number of rotatable bonds is 8. The van der Waals surface area contributed by atoms with Crippen LogP contribution in [0, 0.1) is 0 Å². The van der Waals surface area contributed by atoms with Crippen molar-refractivity contribution in [3.63, 3.8) is 0 Å². The third-order valence-corrected chi connectivity index (χ3v) is 4.26. The maximum absolute atomic E-state index is 11.7. The fourth-order valence-corrected chi connectivity index (χ4v) is 2.84. The van der Waals surface area contributed by atoms with Crippen molar-refractivity contribution < 1.29 is 4.39 Å². The minimum absolute atomic E-state index is 0.151. The van der Waals surface area contributed by atoms with Crippen LogP contribution in [0.5, 0.6) is 0 Å². The van der Waals surface area contributed by atoms with Crippen molar-refractivity contribution in [2.45, 2.75) is 57.7 Å². The molecule has 0 unspecified atom stereocenters. The van der Waals surface area contributed by atoms with Crippen LogP contribution >= 0.6 is 11.1 Å². The molecule has 3 heteroatoms. The van der Waals surface area contributed by atoms with Gasteiger partial charge in [-0.3, -0.25) is 4.39 Å². The summed E-state index contributed by atoms with van der Waals surface area (Å²) in [6, 6.07) is 1.22. The summed E-state index contributed by atoms with van der Waals surface area (Å²) in [5.74, 6) is 0. The molecule has 13 heavy (non-hydrogen) atoms. The molecular weight excluding hydrogens is 203 g/mol. The van der Waals surface area contributed by atoms with Crippen LogP contribution in [0.25, 0.3) is 0 Å². The van der Waals surface area contributed by atoms with Crippen molar-refractivity contribution in [3.05, 3.63) is 0 Å². The van der Waals surface area contributed by atoms with E-state index in [0.717, 1.165) is 12.8 Å². The summed E-state index contributed by atoms with van der Waals surface area (Å²) < 4.78 is 11.7. The Balaban J connectivity index is 3.00. The lowest BCUT2D eigenvalue weighted by Gasteiger charge is -2.11. The second-order valence-corrected chi connectivity index (χ2v) is 11.3. The Kier molecular flexibility index (Phi) is 8.07. The molecule has 0 bridgehead atoms. The maximum atomic E-state index is 11.7. The van der Waals surface area contributed by atoms with Crippen LogP contribution in [0.3, 0.4) is 0 Å². The Morgan fingerprint density at radius 1 is 0.923 bits per heavy atom. The van der Waals surface area contributed by atoms with Gasteiger partial charge in [-0.1, -0.05) is 45.2 Å². The SMILES string of the molecule is C[Si](C)(Cl)CCCCCCCCF. The predicted molar refractivity (Wildman–Crippen MR) is 61.8 cm³/mol. The van der Waals surface area contributed by atoms with E-state index in [1.165, 1.54) is 31.7 Å². The van der Waals surface area contributed by atoms with Crippen molar-refractivity contribution >= 4 is 18.5 Å². The van der Waals surface area contributed by atoms with Gasteiger partial charge in [-0.15, -0.1) is 0 Å². The van der Waals surface area contributed by atoms with Gasteiger partial charge in [0.05, 0.1) is 6.67 Å². The highest BCUT2D eigenvalue weighted by Gasteiger charge is 2.15. The molecule has 0 aromatic carbocycles. The van der Waals surface area contributed by atoms with Crippen LogP contribution in [0.1, 0.15) is 38.5 Å². The number of hydrogen-bond acceptors (Lipinski definition) is 0. The normalized spacial score (nSPS) is 12.0. The topological polar surface area (TPSA) is 0 Å². The molecule has 0 spiro atoms. The standard InChI is InChI=1S/C10H22ClFSi/c1-13(2,11)10-8-6-4-3-5-7-9-12/h3-10H2,1-2H3. The van der Waals surface area contributed by atoms with Crippen molar-refractivity contribution in [2.24, 2.45) is 0 Å². The van der Waals surface area contributed by atoms with Gasteiger partial charge < -0.3 is 0 Å². The van der Waals surface area contributed by atoms with Gasteiger partial charge in [-0.2, -0.15) is 11.1 Å². The van der Waals surface area contributed by atoms with Gasteiger partial charge in [-0.05, 0) is 12.5 Å². The highest BCUT2D eigenvalue weighted by Crippen LogP contribution is 2.19. The van der Waals surface area contributed by atoms with E-state index in [1.807, 2.05) is 0 Å². The molecule has 0 heterocycles. The van der Waals surface area contributed by atoms with Crippen molar-refractivity contribution in [3.8, 4) is 0 Å². The van der Waals surface area contributed by atoms with Crippen LogP contribution in [0.15, 0.2) is 0 Å². The fraction of sp³-hybridized carbons (Fsp3) is 1.00. The molecule has 0 aromatic rings. The molecular formula is C10H22ClFSi. The largest absolute Gasteiger partial charge is 0.251 e. The molecule has 0 atom stereocenters. The van der Waals surface area contributed by atoms with Gasteiger partial charge in [0.1, 0.15) is 7.38 Å². The number of hydrogen-bond donors (Lipinski definition) is 0. The Hall–Kier alpha value is 0.437. The molecule has 0 aliphatic carbocycles. The third-order valence-electron chi connectivity index (χ3n) is 2.15. The van der Waals surface area contributed by atoms with Gasteiger partial charge in [0.25, 0.3) is 0 Å². The van der Waals surface area contributed by atoms with E-state index in [2.05, 4.69) is 13.1 Å². The van der Waals surface area contributed by atoms with Gasteiger partial charge in [-0.25, -0.2) is 0 Å². The van der Waals surface area contributed by atoms with Crippen molar-refractivity contribution in [1.29, 1.82) is 0 Å². The Morgan fingerprint density at radius 3 is 1.85 bits per heavy atom. The van der Waals surface area contributed by atoms with E-state index in [1.54, 1.807) is 0 Å². The average Bonchev–Trinajstić information content (AvgIpc) is 2.01. The van der Waals surface area contributed by atoms with Crippen molar-refractivity contribution in [1.82, 2.24) is 0 Å². The zero-order valence-electron chi connectivity index (χ0n) is 8.91. The molecule has 0 aliphatic rings. The summed E-state index contributed by atoms with van der Waals surface area (Å²) in [6.45, 7) is 4.23. The maximum Gasteiger partial charge on any atom is 0.150 e. The molecule has 0 N–H and O–H groups in total. The first-order valence-electron chi connectivity index (χ1n) is 5.31. The first-order valence-corrected chi connectivity index (χ1v) is 9.53. The van der Waals surface area contributed by atoms with E-state index >= 15 is 0 Å². The van der Waals surface area contributed by atoms with Crippen LogP contribution in [0.2, 0.25) is 19.1 Å². The molecule has 0 amide bonds. The monoisotopic (exact) mass is 224 g/mol. The molecule has 0 nitrogen and oxygen atoms in total. The first kappa shape index (κ1) is 13.4. The fourth-order valence-electron chi connectivity index (χ4n) is 1.35. The lowest BCUT2D eigenvalue weighted by molar-refractivity contribution is 0.451. The summed E-state index contributed by atoms with van der Waals surface area (Å²) in [6.07, 6.45) is 6.78. The van der Waals surface area contributed by atoms with Crippen molar-refractivity contribution in [2.75, 3.05) is 6.67 Å². The van der Waals surface area contributed by atoms with E-state index < -0.39 is 7.38 Å². The second-order valence-electron chi connectivity index (χ2n) is 4.28. The Labute approximate surface area is 87.6 Å². The lowest BCUT2D eigenvalue weighted by Crippen LogP contribution is -2.14.